The molecule has 2 aromatic rings. The summed E-state index contributed by atoms with van der Waals surface area (Å²) in [7, 11) is 0. The Morgan fingerprint density at radius 2 is 2.26 bits per heavy atom. The largest absolute Gasteiger partial charge is 0.360 e. The van der Waals surface area contributed by atoms with Crippen LogP contribution in [0.3, 0.4) is 0 Å². The number of hydrogen-bond acceptors (Lipinski definition) is 2. The molecule has 0 radical (unpaired) electrons. The van der Waals surface area contributed by atoms with Gasteiger partial charge in [-0.25, -0.2) is 0 Å². The molecule has 1 fully saturated rings. The molecule has 1 amide bonds. The molecule has 4 nitrogen and oxygen atoms in total. The molecule has 1 aromatic carbocycles. The van der Waals surface area contributed by atoms with Gasteiger partial charge in [0.25, 0.3) is 5.91 Å². The molecule has 19 heavy (non-hydrogen) atoms. The lowest BCUT2D eigenvalue weighted by Gasteiger charge is -2.33. The number of piperazine rings is 1. The topological polar surface area (TPSA) is 48.1 Å². The van der Waals surface area contributed by atoms with Gasteiger partial charge in [0.1, 0.15) is 0 Å². The van der Waals surface area contributed by atoms with Crippen molar-refractivity contribution in [2.45, 2.75) is 19.9 Å². The van der Waals surface area contributed by atoms with E-state index in [0.717, 1.165) is 41.7 Å². The number of carbonyl (C=O) groups is 1. The first-order valence-corrected chi connectivity index (χ1v) is 6.77. The molecule has 0 saturated carbocycles. The third-order valence-corrected chi connectivity index (χ3v) is 3.91. The second-order valence-corrected chi connectivity index (χ2v) is 5.25. The molecule has 1 aliphatic heterocycles. The zero-order valence-electron chi connectivity index (χ0n) is 11.4. The zero-order chi connectivity index (χ0) is 13.4. The summed E-state index contributed by atoms with van der Waals surface area (Å²) in [5.41, 5.74) is 2.97. The standard InChI is InChI=1S/C15H19N3O/c1-10-4-3-5-13-14(10)12(9-17-13)15(19)18-7-6-16-8-11(18)2/h3-5,9,11,16-17H,6-8H2,1-2H3. The Balaban J connectivity index is 2.02. The van der Waals surface area contributed by atoms with Crippen LogP contribution in [0.2, 0.25) is 0 Å². The van der Waals surface area contributed by atoms with E-state index in [1.165, 1.54) is 0 Å². The van der Waals surface area contributed by atoms with E-state index in [1.54, 1.807) is 0 Å². The number of aryl methyl sites for hydroxylation is 1. The highest BCUT2D eigenvalue weighted by Crippen LogP contribution is 2.24. The Labute approximate surface area is 112 Å². The fourth-order valence-electron chi connectivity index (χ4n) is 2.83. The summed E-state index contributed by atoms with van der Waals surface area (Å²) in [6.07, 6.45) is 1.84. The molecular weight excluding hydrogens is 238 g/mol. The third kappa shape index (κ3) is 2.02. The van der Waals surface area contributed by atoms with Crippen LogP contribution in [0.25, 0.3) is 10.9 Å². The van der Waals surface area contributed by atoms with Gasteiger partial charge in [-0.05, 0) is 25.5 Å². The number of nitrogens with one attached hydrogen (secondary N) is 2. The molecule has 1 aromatic heterocycles. The van der Waals surface area contributed by atoms with Crippen LogP contribution in [0.5, 0.6) is 0 Å². The van der Waals surface area contributed by atoms with Crippen LogP contribution in [0.4, 0.5) is 0 Å². The summed E-state index contributed by atoms with van der Waals surface area (Å²) in [6, 6.07) is 6.32. The quantitative estimate of drug-likeness (QED) is 0.820. The number of carbonyl (C=O) groups excluding carboxylic acids is 1. The van der Waals surface area contributed by atoms with Gasteiger partial charge in [-0.3, -0.25) is 4.79 Å². The lowest BCUT2D eigenvalue weighted by Crippen LogP contribution is -2.52. The maximum atomic E-state index is 12.7. The van der Waals surface area contributed by atoms with Crippen molar-refractivity contribution in [2.24, 2.45) is 0 Å². The lowest BCUT2D eigenvalue weighted by molar-refractivity contribution is 0.0658. The van der Waals surface area contributed by atoms with Gasteiger partial charge in [0.15, 0.2) is 0 Å². The summed E-state index contributed by atoms with van der Waals surface area (Å²) >= 11 is 0. The van der Waals surface area contributed by atoms with E-state index >= 15 is 0 Å². The van der Waals surface area contributed by atoms with Crippen molar-refractivity contribution in [3.8, 4) is 0 Å². The monoisotopic (exact) mass is 257 g/mol. The maximum absolute atomic E-state index is 12.7. The van der Waals surface area contributed by atoms with E-state index in [4.69, 9.17) is 0 Å². The molecular formula is C15H19N3O. The van der Waals surface area contributed by atoms with Crippen LogP contribution >= 0.6 is 0 Å². The van der Waals surface area contributed by atoms with Crippen LogP contribution in [0.1, 0.15) is 22.8 Å². The number of aromatic amines is 1. The number of hydrogen-bond donors (Lipinski definition) is 2. The molecule has 4 heteroatoms. The van der Waals surface area contributed by atoms with Crippen LogP contribution in [0.15, 0.2) is 24.4 Å². The van der Waals surface area contributed by atoms with E-state index in [0.29, 0.717) is 0 Å². The zero-order valence-corrected chi connectivity index (χ0v) is 11.4. The van der Waals surface area contributed by atoms with Crippen molar-refractivity contribution < 1.29 is 4.79 Å². The van der Waals surface area contributed by atoms with Gasteiger partial charge in [-0.15, -0.1) is 0 Å². The number of nitrogens with zero attached hydrogens (tertiary/aromatic N) is 1. The van der Waals surface area contributed by atoms with Gasteiger partial charge in [0.05, 0.1) is 5.56 Å². The molecule has 2 heterocycles. The predicted octanol–water partition coefficient (Wildman–Crippen LogP) is 1.91. The molecule has 2 N–H and O–H groups in total. The number of aromatic nitrogens is 1. The van der Waals surface area contributed by atoms with Crippen LogP contribution in [0, 0.1) is 6.92 Å². The van der Waals surface area contributed by atoms with Crippen LogP contribution in [-0.4, -0.2) is 41.5 Å². The molecule has 1 atom stereocenters. The fraction of sp³-hybridized carbons (Fsp3) is 0.400. The molecule has 1 saturated heterocycles. The van der Waals surface area contributed by atoms with E-state index in [-0.39, 0.29) is 11.9 Å². The summed E-state index contributed by atoms with van der Waals surface area (Å²) in [6.45, 7) is 6.66. The van der Waals surface area contributed by atoms with E-state index in [2.05, 4.69) is 17.2 Å². The van der Waals surface area contributed by atoms with Crippen molar-refractivity contribution in [1.29, 1.82) is 0 Å². The van der Waals surface area contributed by atoms with Crippen molar-refractivity contribution in [1.82, 2.24) is 15.2 Å². The van der Waals surface area contributed by atoms with Gasteiger partial charge < -0.3 is 15.2 Å². The normalized spacial score (nSPS) is 19.9. The first-order valence-electron chi connectivity index (χ1n) is 6.77. The Bertz CT molecular complexity index is 617. The highest BCUT2D eigenvalue weighted by Gasteiger charge is 2.26. The molecule has 1 unspecified atom stereocenters. The Morgan fingerprint density at radius 3 is 3.05 bits per heavy atom. The smallest absolute Gasteiger partial charge is 0.256 e. The summed E-state index contributed by atoms with van der Waals surface area (Å²) in [5, 5.41) is 4.37. The summed E-state index contributed by atoms with van der Waals surface area (Å²) < 4.78 is 0. The van der Waals surface area contributed by atoms with Gasteiger partial charge >= 0.3 is 0 Å². The third-order valence-electron chi connectivity index (χ3n) is 3.91. The highest BCUT2D eigenvalue weighted by atomic mass is 16.2. The number of amides is 1. The van der Waals surface area contributed by atoms with Gasteiger partial charge in [0.2, 0.25) is 0 Å². The maximum Gasteiger partial charge on any atom is 0.256 e. The van der Waals surface area contributed by atoms with Gasteiger partial charge in [-0.2, -0.15) is 0 Å². The number of rotatable bonds is 1. The fourth-order valence-corrected chi connectivity index (χ4v) is 2.83. The van der Waals surface area contributed by atoms with Crippen molar-refractivity contribution in [3.05, 3.63) is 35.5 Å². The molecule has 0 spiro atoms. The number of benzene rings is 1. The van der Waals surface area contributed by atoms with Gasteiger partial charge in [-0.1, -0.05) is 12.1 Å². The van der Waals surface area contributed by atoms with Crippen molar-refractivity contribution in [3.63, 3.8) is 0 Å². The molecule has 0 aliphatic carbocycles. The van der Waals surface area contributed by atoms with E-state index < -0.39 is 0 Å². The van der Waals surface area contributed by atoms with Gasteiger partial charge in [0, 0.05) is 42.8 Å². The van der Waals surface area contributed by atoms with Crippen LogP contribution in [-0.2, 0) is 0 Å². The average molecular weight is 257 g/mol. The molecule has 1 aliphatic rings. The SMILES string of the molecule is Cc1cccc2[nH]cc(C(=O)N3CCNCC3C)c12. The van der Waals surface area contributed by atoms with Crippen molar-refractivity contribution >= 4 is 16.8 Å². The van der Waals surface area contributed by atoms with E-state index in [9.17, 15) is 4.79 Å². The second-order valence-electron chi connectivity index (χ2n) is 5.25. The predicted molar refractivity (Wildman–Crippen MR) is 76.4 cm³/mol. The first-order chi connectivity index (χ1) is 9.18. The Morgan fingerprint density at radius 1 is 1.42 bits per heavy atom. The Kier molecular flexibility index (Phi) is 3.03. The Hall–Kier alpha value is -1.81. The molecule has 0 bridgehead atoms. The summed E-state index contributed by atoms with van der Waals surface area (Å²) in [4.78, 5) is 17.9. The highest BCUT2D eigenvalue weighted by molar-refractivity contribution is 6.08. The summed E-state index contributed by atoms with van der Waals surface area (Å²) in [5.74, 6) is 0.134. The lowest BCUT2D eigenvalue weighted by atomic mass is 10.1. The van der Waals surface area contributed by atoms with Crippen LogP contribution < -0.4 is 5.32 Å². The molecule has 100 valence electrons. The average Bonchev–Trinajstić information content (AvgIpc) is 2.84. The molecule has 3 rings (SSSR count). The minimum atomic E-state index is 0.134. The van der Waals surface area contributed by atoms with Crippen molar-refractivity contribution in [2.75, 3.05) is 19.6 Å². The second kappa shape index (κ2) is 4.70. The van der Waals surface area contributed by atoms with E-state index in [1.807, 2.05) is 36.2 Å². The first kappa shape index (κ1) is 12.2. The minimum Gasteiger partial charge on any atom is -0.360 e. The number of H-pyrrole nitrogens is 1. The minimum absolute atomic E-state index is 0.134. The number of fused-ring (bicyclic) bond motifs is 1.